The van der Waals surface area contributed by atoms with E-state index in [0.29, 0.717) is 0 Å². The van der Waals surface area contributed by atoms with Crippen LogP contribution < -0.4 is 16.4 Å². The maximum atomic E-state index is 2.61. The molecule has 0 aliphatic carbocycles. The SMILES string of the molecule is Cc1ccc2c(c1)Sc1cc(-n3c4ccccc4c4c5c(c6ccccc6n5-c5ccccc5)c5sc6ccccc6c5c43)cc3c1B2c1ccc(C)cc1S3. The Morgan fingerprint density at radius 1 is 0.446 bits per heavy atom. The lowest BCUT2D eigenvalue weighted by Gasteiger charge is -2.33. The first-order chi connectivity index (χ1) is 27.6. The minimum absolute atomic E-state index is 0.217. The van der Waals surface area contributed by atoms with Crippen molar-refractivity contribution < 1.29 is 0 Å². The molecule has 0 N–H and O–H groups in total. The fraction of sp³-hybridized carbons (Fsp3) is 0.0400. The van der Waals surface area contributed by atoms with Gasteiger partial charge in [0.15, 0.2) is 0 Å². The van der Waals surface area contributed by atoms with Crippen LogP contribution in [0.3, 0.4) is 0 Å². The van der Waals surface area contributed by atoms with Crippen LogP contribution in [-0.4, -0.2) is 15.8 Å². The molecule has 2 aliphatic rings. The molecule has 13 rings (SSSR count). The molecule has 5 heterocycles. The van der Waals surface area contributed by atoms with Gasteiger partial charge in [0.05, 0.1) is 22.1 Å². The van der Waals surface area contributed by atoms with Crippen LogP contribution in [0, 0.1) is 13.8 Å². The van der Waals surface area contributed by atoms with Crippen molar-refractivity contribution in [3.8, 4) is 11.4 Å². The number of thiophene rings is 1. The summed E-state index contributed by atoms with van der Waals surface area (Å²) in [6, 6.07) is 57.2. The predicted octanol–water partition coefficient (Wildman–Crippen LogP) is 12.3. The van der Waals surface area contributed by atoms with E-state index in [9.17, 15) is 0 Å². The van der Waals surface area contributed by atoms with Crippen LogP contribution in [0.5, 0.6) is 0 Å². The molecule has 0 saturated carbocycles. The molecule has 0 fully saturated rings. The molecule has 262 valence electrons. The van der Waals surface area contributed by atoms with Gasteiger partial charge in [0.1, 0.15) is 0 Å². The van der Waals surface area contributed by atoms with Crippen LogP contribution in [-0.2, 0) is 0 Å². The number of aryl methyl sites for hydroxylation is 2. The van der Waals surface area contributed by atoms with Gasteiger partial charge in [0.25, 0.3) is 0 Å². The summed E-state index contributed by atoms with van der Waals surface area (Å²) in [5, 5.41) is 7.86. The predicted molar refractivity (Wildman–Crippen MR) is 243 cm³/mol. The Morgan fingerprint density at radius 3 is 1.61 bits per heavy atom. The standard InChI is InChI=1S/C50H31BN2S3/c1-28-20-22-35-40(24-28)54-42-26-31(27-43-47(42)51(35)36-23-21-29(2)25-41(36)55-43)53-37-17-9-6-14-32(37)44-48-45(50-46(49(44)53)34-16-8-11-19-39(34)56-50)33-15-7-10-18-38(33)52(48)30-12-4-3-5-13-30/h3-27H,1-2H3. The summed E-state index contributed by atoms with van der Waals surface area (Å²) in [4.78, 5) is 5.45. The largest absolute Gasteiger partial charge is 0.308 e. The summed E-state index contributed by atoms with van der Waals surface area (Å²) in [6.45, 7) is 4.65. The highest BCUT2D eigenvalue weighted by molar-refractivity contribution is 8.01. The molecule has 0 bridgehead atoms. The monoisotopic (exact) mass is 766 g/mol. The maximum Gasteiger partial charge on any atom is 0.247 e. The van der Waals surface area contributed by atoms with Crippen molar-refractivity contribution in [2.45, 2.75) is 33.4 Å². The number of hydrogen-bond donors (Lipinski definition) is 0. The van der Waals surface area contributed by atoms with Crippen molar-refractivity contribution in [2.75, 3.05) is 0 Å². The van der Waals surface area contributed by atoms with Gasteiger partial charge in [-0.3, -0.25) is 0 Å². The van der Waals surface area contributed by atoms with Crippen molar-refractivity contribution in [1.82, 2.24) is 9.13 Å². The molecular weight excluding hydrogens is 736 g/mol. The van der Waals surface area contributed by atoms with Gasteiger partial charge in [-0.05, 0) is 73.9 Å². The number of hydrogen-bond acceptors (Lipinski definition) is 3. The van der Waals surface area contributed by atoms with E-state index in [1.807, 2.05) is 34.9 Å². The molecule has 0 radical (unpaired) electrons. The molecule has 2 nitrogen and oxygen atoms in total. The van der Waals surface area contributed by atoms with E-state index in [0.717, 1.165) is 0 Å². The smallest absolute Gasteiger partial charge is 0.247 e. The van der Waals surface area contributed by atoms with Crippen LogP contribution in [0.2, 0.25) is 0 Å². The quantitative estimate of drug-likeness (QED) is 0.162. The van der Waals surface area contributed by atoms with Crippen LogP contribution in [0.4, 0.5) is 0 Å². The van der Waals surface area contributed by atoms with E-state index in [1.165, 1.54) is 122 Å². The highest BCUT2D eigenvalue weighted by Crippen LogP contribution is 2.52. The lowest BCUT2D eigenvalue weighted by atomic mass is 9.36. The van der Waals surface area contributed by atoms with Gasteiger partial charge in [-0.15, -0.1) is 11.3 Å². The Hall–Kier alpha value is -5.66. The van der Waals surface area contributed by atoms with Crippen LogP contribution in [0.15, 0.2) is 171 Å². The average molecular weight is 767 g/mol. The Morgan fingerprint density at radius 2 is 0.964 bits per heavy atom. The van der Waals surface area contributed by atoms with Gasteiger partial charge < -0.3 is 9.13 Å². The lowest BCUT2D eigenvalue weighted by molar-refractivity contribution is 1.15. The fourth-order valence-electron chi connectivity index (χ4n) is 9.82. The third-order valence-corrected chi connectivity index (χ3v) is 15.5. The van der Waals surface area contributed by atoms with E-state index in [1.54, 1.807) is 0 Å². The van der Waals surface area contributed by atoms with E-state index < -0.39 is 0 Å². The average Bonchev–Trinajstić information content (AvgIpc) is 3.88. The summed E-state index contributed by atoms with van der Waals surface area (Å²) in [5.41, 5.74) is 14.3. The van der Waals surface area contributed by atoms with Gasteiger partial charge in [-0.25, -0.2) is 0 Å². The molecule has 0 saturated heterocycles. The summed E-state index contributed by atoms with van der Waals surface area (Å²) in [7, 11) is 0. The van der Waals surface area contributed by atoms with Crippen molar-refractivity contribution in [3.05, 3.63) is 163 Å². The second kappa shape index (κ2) is 11.5. The summed E-state index contributed by atoms with van der Waals surface area (Å²) >= 11 is 5.83. The minimum atomic E-state index is 0.217. The normalized spacial score (nSPS) is 13.4. The first kappa shape index (κ1) is 31.5. The molecule has 0 amide bonds. The molecule has 6 heteroatoms. The molecule has 0 unspecified atom stereocenters. The van der Waals surface area contributed by atoms with Gasteiger partial charge in [-0.2, -0.15) is 0 Å². The number of nitrogens with zero attached hydrogens (tertiary/aromatic N) is 2. The maximum absolute atomic E-state index is 2.61. The lowest BCUT2D eigenvalue weighted by Crippen LogP contribution is -2.58. The van der Waals surface area contributed by atoms with Crippen molar-refractivity contribution in [2.24, 2.45) is 0 Å². The zero-order valence-corrected chi connectivity index (χ0v) is 33.1. The Kier molecular flexibility index (Phi) is 6.45. The Balaban J connectivity index is 1.23. The van der Waals surface area contributed by atoms with E-state index >= 15 is 0 Å². The van der Waals surface area contributed by atoms with Gasteiger partial charge in [-0.1, -0.05) is 143 Å². The highest BCUT2D eigenvalue weighted by Gasteiger charge is 2.39. The van der Waals surface area contributed by atoms with Crippen LogP contribution >= 0.6 is 34.9 Å². The molecule has 3 aromatic heterocycles. The fourth-order valence-corrected chi connectivity index (χ4v) is 13.7. The zero-order chi connectivity index (χ0) is 36.8. The third-order valence-electron chi connectivity index (χ3n) is 12.1. The second-order valence-corrected chi connectivity index (χ2v) is 18.6. The van der Waals surface area contributed by atoms with E-state index in [-0.39, 0.29) is 6.71 Å². The Bertz CT molecular complexity index is 3440. The molecule has 56 heavy (non-hydrogen) atoms. The number of para-hydroxylation sites is 3. The summed E-state index contributed by atoms with van der Waals surface area (Å²) in [5.74, 6) is 0. The zero-order valence-electron chi connectivity index (χ0n) is 30.6. The first-order valence-corrected chi connectivity index (χ1v) is 21.7. The molecular formula is C50H31BN2S3. The number of fused-ring (bicyclic) bond motifs is 16. The minimum Gasteiger partial charge on any atom is -0.308 e. The molecule has 11 aromatic rings. The number of aromatic nitrogens is 2. The third kappa shape index (κ3) is 4.16. The summed E-state index contributed by atoms with van der Waals surface area (Å²) in [6.07, 6.45) is 0. The molecule has 8 aromatic carbocycles. The Labute approximate surface area is 336 Å². The van der Waals surface area contributed by atoms with Crippen molar-refractivity contribution >= 4 is 122 Å². The molecule has 2 aliphatic heterocycles. The number of rotatable bonds is 2. The van der Waals surface area contributed by atoms with Crippen LogP contribution in [0.25, 0.3) is 75.2 Å². The highest BCUT2D eigenvalue weighted by atomic mass is 32.2. The molecule has 0 spiro atoms. The van der Waals surface area contributed by atoms with E-state index in [4.69, 9.17) is 0 Å². The second-order valence-electron chi connectivity index (χ2n) is 15.4. The van der Waals surface area contributed by atoms with Gasteiger partial charge >= 0.3 is 0 Å². The topological polar surface area (TPSA) is 9.86 Å². The van der Waals surface area contributed by atoms with Crippen LogP contribution in [0.1, 0.15) is 11.1 Å². The van der Waals surface area contributed by atoms with Gasteiger partial charge in [0.2, 0.25) is 6.71 Å². The molecule has 0 atom stereocenters. The van der Waals surface area contributed by atoms with E-state index in [2.05, 4.69) is 175 Å². The summed E-state index contributed by atoms with van der Waals surface area (Å²) < 4.78 is 7.81. The first-order valence-electron chi connectivity index (χ1n) is 19.2. The van der Waals surface area contributed by atoms with Gasteiger partial charge in [0, 0.05) is 72.7 Å². The number of benzene rings is 8. The van der Waals surface area contributed by atoms with Crippen molar-refractivity contribution in [1.29, 1.82) is 0 Å². The van der Waals surface area contributed by atoms with Crippen molar-refractivity contribution in [3.63, 3.8) is 0 Å².